The Morgan fingerprint density at radius 3 is 2.50 bits per heavy atom. The van der Waals surface area contributed by atoms with Gasteiger partial charge in [-0.25, -0.2) is 0 Å². The van der Waals surface area contributed by atoms with Gasteiger partial charge in [-0.3, -0.25) is 0 Å². The van der Waals surface area contributed by atoms with Crippen molar-refractivity contribution in [3.63, 3.8) is 0 Å². The van der Waals surface area contributed by atoms with Gasteiger partial charge in [0.15, 0.2) is 0 Å². The second-order valence-corrected chi connectivity index (χ2v) is 3.04. The fraction of sp³-hybridized carbons (Fsp3) is 1.00. The molecule has 0 spiro atoms. The van der Waals surface area contributed by atoms with Gasteiger partial charge in [-0.05, 0) is 0 Å². The standard InChI is InChI=1S/CH3N2OS.Pb.H/c2-1(3)4-5-1;;/h2H,3H2;;/q-1;+1;. The van der Waals surface area contributed by atoms with E-state index in [0.29, 0.717) is 0 Å². The van der Waals surface area contributed by atoms with Gasteiger partial charge < -0.3 is 0 Å². The summed E-state index contributed by atoms with van der Waals surface area (Å²) in [5, 5.41) is -0.468. The van der Waals surface area contributed by atoms with Gasteiger partial charge in [0.2, 0.25) is 0 Å². The van der Waals surface area contributed by atoms with Crippen LogP contribution in [0.2, 0.25) is 0 Å². The first kappa shape index (κ1) is 5.29. The predicted octanol–water partition coefficient (Wildman–Crippen LogP) is -1.36. The van der Waals surface area contributed by atoms with E-state index in [2.05, 4.69) is 7.31 Å². The molecule has 3 N–H and O–H groups in total. The van der Waals surface area contributed by atoms with Crippen LogP contribution in [-0.4, -0.2) is 31.2 Å². The normalized spacial score (nSPS) is 43.0. The van der Waals surface area contributed by atoms with Crippen LogP contribution in [0.15, 0.2) is 0 Å². The molecule has 0 aromatic heterocycles. The van der Waals surface area contributed by atoms with Crippen LogP contribution in [0.5, 0.6) is 0 Å². The third-order valence-electron chi connectivity index (χ3n) is 0.464. The summed E-state index contributed by atoms with van der Waals surface area (Å²) in [5.41, 5.74) is 5.32. The zero-order valence-electron chi connectivity index (χ0n) is 2.97. The third kappa shape index (κ3) is 1.06. The molecule has 0 bridgehead atoms. The molecule has 1 aliphatic rings. The van der Waals surface area contributed by atoms with Crippen LogP contribution < -0.4 is 8.86 Å². The molecule has 0 aliphatic carbocycles. The van der Waals surface area contributed by atoms with Crippen molar-refractivity contribution >= 4 is 38.1 Å². The monoisotopic (exact) mass is 300 g/mol. The van der Waals surface area contributed by atoms with E-state index in [0.717, 1.165) is 26.1 Å². The minimum atomic E-state index is -0.468. The minimum absolute atomic E-state index is 0.468. The SMILES string of the molecule is NC1([NH][PbH])OS1. The Labute approximate surface area is 56.3 Å². The maximum absolute atomic E-state index is 5.32. The topological polar surface area (TPSA) is 50.6 Å². The Bertz CT molecular complexity index is 64.6. The van der Waals surface area contributed by atoms with Gasteiger partial charge in [0.25, 0.3) is 0 Å². The first-order chi connectivity index (χ1) is 2.77. The molecule has 1 rings (SSSR count). The van der Waals surface area contributed by atoms with Crippen molar-refractivity contribution in [2.24, 2.45) is 5.73 Å². The second kappa shape index (κ2) is 1.58. The molecule has 1 fully saturated rings. The van der Waals surface area contributed by atoms with E-state index in [9.17, 15) is 0 Å². The van der Waals surface area contributed by atoms with E-state index in [4.69, 9.17) is 5.73 Å². The van der Waals surface area contributed by atoms with Crippen molar-refractivity contribution in [2.45, 2.75) is 5.18 Å². The number of rotatable bonds is 1. The summed E-state index contributed by atoms with van der Waals surface area (Å²) >= 11 is 2.00. The molecule has 0 aromatic rings. The second-order valence-electron chi connectivity index (χ2n) is 0.979. The summed E-state index contributed by atoms with van der Waals surface area (Å²) in [6.07, 6.45) is 0. The zero-order valence-corrected chi connectivity index (χ0v) is 8.28. The molecule has 1 heterocycles. The average molecular weight is 299 g/mol. The first-order valence-corrected chi connectivity index (χ1v) is 4.39. The maximum atomic E-state index is 5.32. The van der Waals surface area contributed by atoms with Crippen LogP contribution in [0.25, 0.3) is 0 Å². The van der Waals surface area contributed by atoms with E-state index in [-0.39, 0.29) is 0 Å². The molecule has 3 nitrogen and oxygen atoms in total. The van der Waals surface area contributed by atoms with Crippen molar-refractivity contribution in [3.05, 3.63) is 0 Å². The fourth-order valence-corrected chi connectivity index (χ4v) is 1.40. The predicted molar refractivity (Wildman–Crippen MR) is 25.9 cm³/mol. The molecule has 5 heteroatoms. The van der Waals surface area contributed by atoms with E-state index >= 15 is 0 Å². The van der Waals surface area contributed by atoms with Gasteiger partial charge in [0, 0.05) is 0 Å². The van der Waals surface area contributed by atoms with E-state index in [1.807, 2.05) is 0 Å². The van der Waals surface area contributed by atoms with E-state index in [1.54, 1.807) is 0 Å². The molecule has 6 heavy (non-hydrogen) atoms. The molecule has 1 unspecified atom stereocenters. The molecular weight excluding hydrogens is 295 g/mol. The summed E-state index contributed by atoms with van der Waals surface area (Å²) in [7, 11) is 0. The fourth-order valence-electron chi connectivity index (χ4n) is 0.0930. The number of hydrogen-bond donors (Lipinski definition) is 2. The van der Waals surface area contributed by atoms with Crippen LogP contribution in [0, 0.1) is 0 Å². The summed E-state index contributed by atoms with van der Waals surface area (Å²) in [6.45, 7) is 0. The molecule has 1 atom stereocenters. The molecule has 2 radical (unpaired) electrons. The molecule has 34 valence electrons. The van der Waals surface area contributed by atoms with Crippen molar-refractivity contribution < 1.29 is 4.18 Å². The van der Waals surface area contributed by atoms with Gasteiger partial charge in [-0.1, -0.05) is 0 Å². The summed E-state index contributed by atoms with van der Waals surface area (Å²) < 4.78 is 7.57. The van der Waals surface area contributed by atoms with Crippen molar-refractivity contribution in [1.82, 2.24) is 3.13 Å². The first-order valence-electron chi connectivity index (χ1n) is 1.40. The zero-order chi connectivity index (χ0) is 4.62. The van der Waals surface area contributed by atoms with Gasteiger partial charge in [-0.15, -0.1) is 0 Å². The van der Waals surface area contributed by atoms with Gasteiger partial charge in [-0.2, -0.15) is 0 Å². The van der Waals surface area contributed by atoms with E-state index < -0.39 is 5.18 Å². The van der Waals surface area contributed by atoms with E-state index in [1.165, 1.54) is 12.0 Å². The molecule has 0 aromatic carbocycles. The molecule has 0 saturated carbocycles. The summed E-state index contributed by atoms with van der Waals surface area (Å²) in [5.74, 6) is 0. The number of nitrogens with one attached hydrogen (secondary N) is 1. The van der Waals surface area contributed by atoms with Crippen LogP contribution in [-0.2, 0) is 4.18 Å². The Morgan fingerprint density at radius 2 is 2.50 bits per heavy atom. The Hall–Kier alpha value is 1.15. The Morgan fingerprint density at radius 1 is 2.00 bits per heavy atom. The quantitative estimate of drug-likeness (QED) is 0.272. The Kier molecular flexibility index (Phi) is 1.40. The summed E-state index contributed by atoms with van der Waals surface area (Å²) in [4.78, 5) is 0. The molecule has 1 aliphatic heterocycles. The summed E-state index contributed by atoms with van der Waals surface area (Å²) in [6, 6.07) is 0. The van der Waals surface area contributed by atoms with Crippen molar-refractivity contribution in [1.29, 1.82) is 0 Å². The van der Waals surface area contributed by atoms with Crippen LogP contribution in [0.4, 0.5) is 0 Å². The van der Waals surface area contributed by atoms with Crippen molar-refractivity contribution in [2.75, 3.05) is 0 Å². The third-order valence-corrected chi connectivity index (χ3v) is 3.59. The number of nitrogens with two attached hydrogens (primary N) is 1. The van der Waals surface area contributed by atoms with Crippen LogP contribution >= 0.6 is 12.0 Å². The van der Waals surface area contributed by atoms with Crippen molar-refractivity contribution in [3.8, 4) is 0 Å². The van der Waals surface area contributed by atoms with Gasteiger partial charge >= 0.3 is 56.3 Å². The van der Waals surface area contributed by atoms with Crippen LogP contribution in [0.1, 0.15) is 0 Å². The number of hydrogen-bond acceptors (Lipinski definition) is 4. The van der Waals surface area contributed by atoms with Gasteiger partial charge in [0.1, 0.15) is 0 Å². The van der Waals surface area contributed by atoms with Gasteiger partial charge in [0.05, 0.1) is 0 Å². The Balaban J connectivity index is 2.28. The average Bonchev–Trinajstić information content (AvgIpc) is 2.22. The molecule has 1 saturated heterocycles. The molecular formula is CH4N2OPbS. The van der Waals surface area contributed by atoms with Crippen LogP contribution in [0.3, 0.4) is 0 Å². The molecule has 0 amide bonds.